The first-order chi connectivity index (χ1) is 10.2. The second-order valence-corrected chi connectivity index (χ2v) is 6.47. The topological polar surface area (TPSA) is 35.6 Å². The van der Waals surface area contributed by atoms with E-state index in [9.17, 15) is 4.79 Å². The molecule has 0 bridgehead atoms. The minimum Gasteiger partial charge on any atom is -0.334 e. The van der Waals surface area contributed by atoms with Gasteiger partial charge in [-0.05, 0) is 44.2 Å². The average Bonchev–Trinajstić information content (AvgIpc) is 2.48. The van der Waals surface area contributed by atoms with Crippen LogP contribution in [0.5, 0.6) is 0 Å². The number of nitrogens with one attached hydrogen (secondary N) is 1. The van der Waals surface area contributed by atoms with Crippen LogP contribution in [-0.4, -0.2) is 61.5 Å². The van der Waals surface area contributed by atoms with Crippen molar-refractivity contribution < 1.29 is 4.79 Å². The van der Waals surface area contributed by atoms with Crippen LogP contribution in [0.3, 0.4) is 0 Å². The number of amides is 1. The summed E-state index contributed by atoms with van der Waals surface area (Å²) in [5.41, 5.74) is 0.401. The largest absolute Gasteiger partial charge is 0.334 e. The zero-order valence-corrected chi connectivity index (χ0v) is 13.1. The number of piperidine rings is 2. The van der Waals surface area contributed by atoms with Crippen LogP contribution in [0.2, 0.25) is 0 Å². The van der Waals surface area contributed by atoms with Crippen LogP contribution in [0.15, 0.2) is 25.3 Å². The molecule has 1 atom stereocenters. The van der Waals surface area contributed by atoms with Crippen molar-refractivity contribution in [1.29, 1.82) is 0 Å². The monoisotopic (exact) mass is 291 g/mol. The van der Waals surface area contributed by atoms with E-state index in [1.165, 1.54) is 25.7 Å². The third-order valence-electron chi connectivity index (χ3n) is 4.71. The molecule has 1 N–H and O–H groups in total. The fourth-order valence-corrected chi connectivity index (χ4v) is 3.70. The molecule has 0 saturated carbocycles. The van der Waals surface area contributed by atoms with Crippen LogP contribution in [0.25, 0.3) is 0 Å². The summed E-state index contributed by atoms with van der Waals surface area (Å²) in [4.78, 5) is 16.6. The molecule has 2 aliphatic heterocycles. The lowest BCUT2D eigenvalue weighted by Gasteiger charge is -2.45. The molecule has 118 valence electrons. The molecular weight excluding hydrogens is 262 g/mol. The molecule has 2 saturated heterocycles. The predicted molar refractivity (Wildman–Crippen MR) is 87.2 cm³/mol. The number of likely N-dealkylation sites (tertiary alicyclic amines) is 1. The number of carbonyl (C=O) groups excluding carboxylic acids is 1. The van der Waals surface area contributed by atoms with Gasteiger partial charge in [0.05, 0.1) is 6.54 Å². The Bertz CT molecular complexity index is 359. The summed E-state index contributed by atoms with van der Waals surface area (Å²) < 4.78 is 0. The molecule has 1 amide bonds. The van der Waals surface area contributed by atoms with Gasteiger partial charge in [-0.15, -0.1) is 13.2 Å². The summed E-state index contributed by atoms with van der Waals surface area (Å²) >= 11 is 0. The molecule has 2 rings (SSSR count). The highest BCUT2D eigenvalue weighted by atomic mass is 16.2. The lowest BCUT2D eigenvalue weighted by atomic mass is 9.74. The van der Waals surface area contributed by atoms with Gasteiger partial charge in [-0.1, -0.05) is 12.2 Å². The van der Waals surface area contributed by atoms with Crippen molar-refractivity contribution in [1.82, 2.24) is 15.1 Å². The van der Waals surface area contributed by atoms with E-state index in [0.717, 1.165) is 26.2 Å². The molecule has 0 aliphatic carbocycles. The van der Waals surface area contributed by atoms with E-state index in [0.29, 0.717) is 25.0 Å². The molecular formula is C17H29N3O. The van der Waals surface area contributed by atoms with Gasteiger partial charge in [0, 0.05) is 26.2 Å². The summed E-state index contributed by atoms with van der Waals surface area (Å²) in [6.07, 6.45) is 8.63. The molecule has 0 aromatic carbocycles. The lowest BCUT2D eigenvalue weighted by Crippen LogP contribution is -2.53. The summed E-state index contributed by atoms with van der Waals surface area (Å²) in [5.74, 6) is 0.190. The molecule has 2 fully saturated rings. The molecule has 4 heteroatoms. The van der Waals surface area contributed by atoms with Gasteiger partial charge < -0.3 is 10.2 Å². The van der Waals surface area contributed by atoms with Crippen molar-refractivity contribution >= 4 is 5.91 Å². The van der Waals surface area contributed by atoms with E-state index in [1.54, 1.807) is 12.2 Å². The maximum atomic E-state index is 12.4. The van der Waals surface area contributed by atoms with E-state index in [2.05, 4.69) is 23.4 Å². The third kappa shape index (κ3) is 4.42. The van der Waals surface area contributed by atoms with Gasteiger partial charge in [0.25, 0.3) is 0 Å². The van der Waals surface area contributed by atoms with Crippen LogP contribution >= 0.6 is 0 Å². The fourth-order valence-electron chi connectivity index (χ4n) is 3.70. The summed E-state index contributed by atoms with van der Waals surface area (Å²) in [7, 11) is 0. The highest BCUT2D eigenvalue weighted by Gasteiger charge is 2.37. The van der Waals surface area contributed by atoms with E-state index in [1.807, 2.05) is 4.90 Å². The van der Waals surface area contributed by atoms with Crippen molar-refractivity contribution in [3.63, 3.8) is 0 Å². The highest BCUT2D eigenvalue weighted by molar-refractivity contribution is 5.78. The maximum Gasteiger partial charge on any atom is 0.237 e. The number of carbonyl (C=O) groups is 1. The molecule has 4 nitrogen and oxygen atoms in total. The molecule has 1 unspecified atom stereocenters. The summed E-state index contributed by atoms with van der Waals surface area (Å²) in [6.45, 7) is 13.6. The van der Waals surface area contributed by atoms with Crippen LogP contribution < -0.4 is 5.32 Å². The second-order valence-electron chi connectivity index (χ2n) is 6.47. The van der Waals surface area contributed by atoms with Crippen LogP contribution in [-0.2, 0) is 4.79 Å². The Balaban J connectivity index is 1.90. The molecule has 0 aromatic heterocycles. The molecule has 1 spiro atoms. The SMILES string of the molecule is C=CCN(CC=C)C(=O)CN1CCCC2(CCCNC2)C1. The number of rotatable bonds is 6. The maximum absolute atomic E-state index is 12.4. The van der Waals surface area contributed by atoms with Gasteiger partial charge in [-0.3, -0.25) is 9.69 Å². The first kappa shape index (κ1) is 16.2. The zero-order valence-electron chi connectivity index (χ0n) is 13.1. The van der Waals surface area contributed by atoms with Gasteiger partial charge in [0.1, 0.15) is 0 Å². The van der Waals surface area contributed by atoms with Crippen LogP contribution in [0, 0.1) is 5.41 Å². The molecule has 0 radical (unpaired) electrons. The van der Waals surface area contributed by atoms with E-state index >= 15 is 0 Å². The van der Waals surface area contributed by atoms with Gasteiger partial charge >= 0.3 is 0 Å². The normalized spacial score (nSPS) is 26.5. The Morgan fingerprint density at radius 1 is 1.24 bits per heavy atom. The Hall–Kier alpha value is -1.13. The lowest BCUT2D eigenvalue weighted by molar-refractivity contribution is -0.132. The van der Waals surface area contributed by atoms with E-state index < -0.39 is 0 Å². The van der Waals surface area contributed by atoms with Crippen molar-refractivity contribution in [2.75, 3.05) is 45.8 Å². The molecule has 2 aliphatic rings. The number of hydrogen-bond donors (Lipinski definition) is 1. The summed E-state index contributed by atoms with van der Waals surface area (Å²) in [5, 5.41) is 3.53. The molecule has 0 aromatic rings. The highest BCUT2D eigenvalue weighted by Crippen LogP contribution is 2.35. The first-order valence-electron chi connectivity index (χ1n) is 8.12. The van der Waals surface area contributed by atoms with Crippen molar-refractivity contribution in [3.8, 4) is 0 Å². The molecule has 21 heavy (non-hydrogen) atoms. The van der Waals surface area contributed by atoms with Gasteiger partial charge in [0.15, 0.2) is 0 Å². The Morgan fingerprint density at radius 2 is 1.95 bits per heavy atom. The number of hydrogen-bond acceptors (Lipinski definition) is 3. The van der Waals surface area contributed by atoms with Crippen molar-refractivity contribution in [2.24, 2.45) is 5.41 Å². The van der Waals surface area contributed by atoms with E-state index in [4.69, 9.17) is 0 Å². The van der Waals surface area contributed by atoms with E-state index in [-0.39, 0.29) is 5.91 Å². The Labute approximate surface area is 128 Å². The Morgan fingerprint density at radius 3 is 2.57 bits per heavy atom. The Kier molecular flexibility index (Phi) is 6.00. The quantitative estimate of drug-likeness (QED) is 0.756. The minimum atomic E-state index is 0.190. The smallest absolute Gasteiger partial charge is 0.237 e. The van der Waals surface area contributed by atoms with Gasteiger partial charge in [0.2, 0.25) is 5.91 Å². The van der Waals surface area contributed by atoms with Crippen LogP contribution in [0.4, 0.5) is 0 Å². The predicted octanol–water partition coefficient (Wildman–Crippen LogP) is 1.65. The minimum absolute atomic E-state index is 0.190. The van der Waals surface area contributed by atoms with Crippen LogP contribution in [0.1, 0.15) is 25.7 Å². The first-order valence-corrected chi connectivity index (χ1v) is 8.12. The standard InChI is InChI=1S/C17H29N3O/c1-3-10-20(11-4-2)16(21)13-19-12-6-8-17(15-19)7-5-9-18-14-17/h3-4,18H,1-2,5-15H2. The van der Waals surface area contributed by atoms with Crippen molar-refractivity contribution in [3.05, 3.63) is 25.3 Å². The number of nitrogens with zero attached hydrogens (tertiary/aromatic N) is 2. The summed E-state index contributed by atoms with van der Waals surface area (Å²) in [6, 6.07) is 0. The third-order valence-corrected chi connectivity index (χ3v) is 4.71. The van der Waals surface area contributed by atoms with Gasteiger partial charge in [-0.2, -0.15) is 0 Å². The van der Waals surface area contributed by atoms with Crippen molar-refractivity contribution in [2.45, 2.75) is 25.7 Å². The average molecular weight is 291 g/mol. The fraction of sp³-hybridized carbons (Fsp3) is 0.706. The second kappa shape index (κ2) is 7.76. The van der Waals surface area contributed by atoms with Gasteiger partial charge in [-0.25, -0.2) is 0 Å². The molecule has 2 heterocycles. The zero-order chi connectivity index (χ0) is 15.1.